The van der Waals surface area contributed by atoms with Gasteiger partial charge < -0.3 is 11.2 Å². The van der Waals surface area contributed by atoms with Crippen LogP contribution in [0.1, 0.15) is 57.9 Å². The molecule has 0 aliphatic carbocycles. The van der Waals surface area contributed by atoms with E-state index in [1.807, 2.05) is 0 Å². The van der Waals surface area contributed by atoms with E-state index in [9.17, 15) is 0 Å². The van der Waals surface area contributed by atoms with Gasteiger partial charge in [0, 0.05) is 11.5 Å². The summed E-state index contributed by atoms with van der Waals surface area (Å²) in [6, 6.07) is 10.7. The summed E-state index contributed by atoms with van der Waals surface area (Å²) in [6.07, 6.45) is 4.47. The predicted molar refractivity (Wildman–Crippen MR) is 75.2 cm³/mol. The molecule has 98 valence electrons. The standard InChI is InChI=1S/C15H25N.H2O/c1-4-10-14(15(16,5-2)6-3)13-11-8-7-9-12-13;/h7-9,11-12,14H,4-6,10,16H2,1-3H3;1H2. The Morgan fingerprint density at radius 1 is 1.06 bits per heavy atom. The number of rotatable bonds is 6. The normalized spacial score (nSPS) is 12.9. The van der Waals surface area contributed by atoms with E-state index in [1.165, 1.54) is 18.4 Å². The van der Waals surface area contributed by atoms with E-state index >= 15 is 0 Å². The van der Waals surface area contributed by atoms with Gasteiger partial charge in [-0.2, -0.15) is 0 Å². The van der Waals surface area contributed by atoms with Crippen molar-refractivity contribution in [2.75, 3.05) is 0 Å². The van der Waals surface area contributed by atoms with Crippen molar-refractivity contribution in [2.45, 2.75) is 57.9 Å². The first-order valence-electron chi connectivity index (χ1n) is 6.51. The Morgan fingerprint density at radius 3 is 2.00 bits per heavy atom. The Morgan fingerprint density at radius 2 is 1.59 bits per heavy atom. The third kappa shape index (κ3) is 3.83. The van der Waals surface area contributed by atoms with Crippen LogP contribution < -0.4 is 5.73 Å². The van der Waals surface area contributed by atoms with Crippen LogP contribution in [0.5, 0.6) is 0 Å². The van der Waals surface area contributed by atoms with Crippen molar-refractivity contribution in [1.82, 2.24) is 0 Å². The second-order valence-electron chi connectivity index (χ2n) is 4.69. The molecule has 0 aliphatic rings. The average molecular weight is 237 g/mol. The minimum atomic E-state index is -0.0443. The SMILES string of the molecule is CCCC(c1ccccc1)C(N)(CC)CC.O. The highest BCUT2D eigenvalue weighted by atomic mass is 16.0. The van der Waals surface area contributed by atoms with Gasteiger partial charge in [0.2, 0.25) is 0 Å². The summed E-state index contributed by atoms with van der Waals surface area (Å²) in [5, 5.41) is 0. The molecule has 0 saturated heterocycles. The highest BCUT2D eigenvalue weighted by molar-refractivity contribution is 5.23. The molecule has 1 atom stereocenters. The van der Waals surface area contributed by atoms with E-state index in [-0.39, 0.29) is 11.0 Å². The van der Waals surface area contributed by atoms with Gasteiger partial charge in [0.15, 0.2) is 0 Å². The lowest BCUT2D eigenvalue weighted by molar-refractivity contribution is 0.305. The van der Waals surface area contributed by atoms with Gasteiger partial charge in [-0.1, -0.05) is 57.5 Å². The van der Waals surface area contributed by atoms with Gasteiger partial charge in [-0.15, -0.1) is 0 Å². The van der Waals surface area contributed by atoms with Crippen LogP contribution in [0, 0.1) is 0 Å². The largest absolute Gasteiger partial charge is 0.412 e. The van der Waals surface area contributed by atoms with Crippen LogP contribution in [0.25, 0.3) is 0 Å². The molecule has 0 bridgehead atoms. The summed E-state index contributed by atoms with van der Waals surface area (Å²) in [4.78, 5) is 0. The van der Waals surface area contributed by atoms with Crippen LogP contribution in [-0.4, -0.2) is 11.0 Å². The van der Waals surface area contributed by atoms with Crippen molar-refractivity contribution in [3.63, 3.8) is 0 Å². The molecular weight excluding hydrogens is 210 g/mol. The third-order valence-electron chi connectivity index (χ3n) is 3.79. The second kappa shape index (κ2) is 7.46. The number of hydrogen-bond acceptors (Lipinski definition) is 1. The summed E-state index contributed by atoms with van der Waals surface area (Å²) in [5.74, 6) is 0.494. The third-order valence-corrected chi connectivity index (χ3v) is 3.79. The molecule has 0 aromatic heterocycles. The van der Waals surface area contributed by atoms with E-state index in [0.29, 0.717) is 5.92 Å². The first kappa shape index (κ1) is 16.1. The van der Waals surface area contributed by atoms with E-state index in [1.54, 1.807) is 0 Å². The highest BCUT2D eigenvalue weighted by Crippen LogP contribution is 2.35. The van der Waals surface area contributed by atoms with Crippen molar-refractivity contribution in [3.8, 4) is 0 Å². The van der Waals surface area contributed by atoms with Crippen molar-refractivity contribution in [1.29, 1.82) is 0 Å². The van der Waals surface area contributed by atoms with Crippen LogP contribution in [0.3, 0.4) is 0 Å². The summed E-state index contributed by atoms with van der Waals surface area (Å²) in [5.41, 5.74) is 7.91. The van der Waals surface area contributed by atoms with Gasteiger partial charge in [-0.05, 0) is 24.8 Å². The average Bonchev–Trinajstić information content (AvgIpc) is 2.36. The van der Waals surface area contributed by atoms with E-state index < -0.39 is 0 Å². The summed E-state index contributed by atoms with van der Waals surface area (Å²) < 4.78 is 0. The number of hydrogen-bond donors (Lipinski definition) is 1. The fraction of sp³-hybridized carbons (Fsp3) is 0.600. The molecule has 17 heavy (non-hydrogen) atoms. The molecule has 1 rings (SSSR count). The molecule has 1 unspecified atom stereocenters. The lowest BCUT2D eigenvalue weighted by Crippen LogP contribution is -2.44. The summed E-state index contributed by atoms with van der Waals surface area (Å²) >= 11 is 0. The summed E-state index contributed by atoms with van der Waals surface area (Å²) in [6.45, 7) is 6.64. The zero-order valence-electron chi connectivity index (χ0n) is 11.4. The lowest BCUT2D eigenvalue weighted by Gasteiger charge is -2.36. The van der Waals surface area contributed by atoms with Crippen molar-refractivity contribution >= 4 is 0 Å². The molecule has 1 aromatic carbocycles. The number of benzene rings is 1. The van der Waals surface area contributed by atoms with Gasteiger partial charge >= 0.3 is 0 Å². The first-order valence-corrected chi connectivity index (χ1v) is 6.51. The Balaban J connectivity index is 0.00000256. The van der Waals surface area contributed by atoms with Crippen LogP contribution >= 0.6 is 0 Å². The zero-order chi connectivity index (χ0) is 12.0. The van der Waals surface area contributed by atoms with Gasteiger partial charge in [-0.3, -0.25) is 0 Å². The molecule has 0 spiro atoms. The maximum Gasteiger partial charge on any atom is 0.0218 e. The van der Waals surface area contributed by atoms with Crippen LogP contribution in [0.15, 0.2) is 30.3 Å². The van der Waals surface area contributed by atoms with E-state index in [2.05, 4.69) is 51.1 Å². The second-order valence-corrected chi connectivity index (χ2v) is 4.69. The molecule has 2 heteroatoms. The molecule has 0 amide bonds. The highest BCUT2D eigenvalue weighted by Gasteiger charge is 2.31. The first-order chi connectivity index (χ1) is 7.68. The van der Waals surface area contributed by atoms with Crippen molar-refractivity contribution < 1.29 is 5.48 Å². The molecule has 0 fully saturated rings. The van der Waals surface area contributed by atoms with Crippen LogP contribution in [0.2, 0.25) is 0 Å². The predicted octanol–water partition coefficient (Wildman–Crippen LogP) is 3.26. The Kier molecular flexibility index (Phi) is 7.09. The summed E-state index contributed by atoms with van der Waals surface area (Å²) in [7, 11) is 0. The van der Waals surface area contributed by atoms with Crippen molar-refractivity contribution in [2.24, 2.45) is 5.73 Å². The molecule has 2 nitrogen and oxygen atoms in total. The molecule has 0 radical (unpaired) electrons. The lowest BCUT2D eigenvalue weighted by atomic mass is 9.74. The minimum absolute atomic E-state index is 0. The fourth-order valence-electron chi connectivity index (χ4n) is 2.50. The molecule has 0 aliphatic heterocycles. The molecular formula is C15H27NO. The van der Waals surface area contributed by atoms with Gasteiger partial charge in [0.05, 0.1) is 0 Å². The fourth-order valence-corrected chi connectivity index (χ4v) is 2.50. The van der Waals surface area contributed by atoms with Gasteiger partial charge in [-0.25, -0.2) is 0 Å². The minimum Gasteiger partial charge on any atom is -0.412 e. The maximum atomic E-state index is 6.56. The molecule has 0 heterocycles. The van der Waals surface area contributed by atoms with Gasteiger partial charge in [0.1, 0.15) is 0 Å². The quantitative estimate of drug-likeness (QED) is 0.811. The Hall–Kier alpha value is -0.860. The maximum absolute atomic E-state index is 6.56. The van der Waals surface area contributed by atoms with Crippen molar-refractivity contribution in [3.05, 3.63) is 35.9 Å². The smallest absolute Gasteiger partial charge is 0.0218 e. The zero-order valence-corrected chi connectivity index (χ0v) is 11.4. The van der Waals surface area contributed by atoms with Crippen LogP contribution in [-0.2, 0) is 0 Å². The molecule has 1 aromatic rings. The van der Waals surface area contributed by atoms with Crippen LogP contribution in [0.4, 0.5) is 0 Å². The van der Waals surface area contributed by atoms with E-state index in [0.717, 1.165) is 12.8 Å². The molecule has 4 N–H and O–H groups in total. The van der Waals surface area contributed by atoms with Gasteiger partial charge in [0.25, 0.3) is 0 Å². The topological polar surface area (TPSA) is 57.5 Å². The number of nitrogens with two attached hydrogens (primary N) is 1. The Bertz CT molecular complexity index is 293. The monoisotopic (exact) mass is 237 g/mol. The molecule has 0 saturated carbocycles. The van der Waals surface area contributed by atoms with E-state index in [4.69, 9.17) is 5.73 Å². The Labute approximate surface area is 106 Å².